The summed E-state index contributed by atoms with van der Waals surface area (Å²) in [5.74, 6) is -0.370. The van der Waals surface area contributed by atoms with E-state index < -0.39 is 11.9 Å². The number of carboxylic acid groups (broad SMARTS) is 1. The number of hydrogen-bond acceptors (Lipinski definition) is 4. The van der Waals surface area contributed by atoms with Crippen LogP contribution < -0.4 is 9.47 Å². The Morgan fingerprint density at radius 2 is 1.88 bits per heavy atom. The maximum absolute atomic E-state index is 11.7. The van der Waals surface area contributed by atoms with Gasteiger partial charge in [-0.15, -0.1) is 0 Å². The third kappa shape index (κ3) is 4.19. The van der Waals surface area contributed by atoms with Crippen LogP contribution in [0.2, 0.25) is 0 Å². The van der Waals surface area contributed by atoms with Crippen molar-refractivity contribution >= 4 is 5.97 Å². The van der Waals surface area contributed by atoms with Crippen LogP contribution >= 0.6 is 0 Å². The predicted octanol–water partition coefficient (Wildman–Crippen LogP) is 3.60. The molecule has 0 aliphatic heterocycles. The summed E-state index contributed by atoms with van der Waals surface area (Å²) in [4.78, 5) is 11.7. The first kappa shape index (κ1) is 17.7. The minimum Gasteiger partial charge on any atom is -0.508 e. The SMILES string of the molecule is CCCOc1c(CC(C(=O)O)c2ccc(O)cc2)cccc1OC. The molecule has 0 amide bonds. The molecule has 2 N–H and O–H groups in total. The highest BCUT2D eigenvalue weighted by atomic mass is 16.5. The van der Waals surface area contributed by atoms with Gasteiger partial charge in [0.25, 0.3) is 0 Å². The maximum Gasteiger partial charge on any atom is 0.311 e. The normalized spacial score (nSPS) is 11.8. The van der Waals surface area contributed by atoms with Gasteiger partial charge in [0.2, 0.25) is 0 Å². The molecule has 24 heavy (non-hydrogen) atoms. The first-order valence-electron chi connectivity index (χ1n) is 7.87. The second-order valence-corrected chi connectivity index (χ2v) is 5.48. The molecule has 2 aromatic carbocycles. The van der Waals surface area contributed by atoms with Crippen LogP contribution in [-0.4, -0.2) is 29.9 Å². The van der Waals surface area contributed by atoms with Crippen molar-refractivity contribution in [2.75, 3.05) is 13.7 Å². The Hall–Kier alpha value is -2.69. The Kier molecular flexibility index (Phi) is 6.07. The molecule has 0 bridgehead atoms. The summed E-state index contributed by atoms with van der Waals surface area (Å²) in [7, 11) is 1.56. The average molecular weight is 330 g/mol. The quantitative estimate of drug-likeness (QED) is 0.773. The van der Waals surface area contributed by atoms with E-state index in [1.807, 2.05) is 19.1 Å². The van der Waals surface area contributed by atoms with Crippen molar-refractivity contribution < 1.29 is 24.5 Å². The monoisotopic (exact) mass is 330 g/mol. The van der Waals surface area contributed by atoms with Gasteiger partial charge in [-0.1, -0.05) is 31.2 Å². The molecule has 0 spiro atoms. The minimum atomic E-state index is -0.926. The van der Waals surface area contributed by atoms with Gasteiger partial charge in [-0.3, -0.25) is 4.79 Å². The number of phenols is 1. The number of phenolic OH excluding ortho intramolecular Hbond substituents is 1. The number of methoxy groups -OCH3 is 1. The zero-order chi connectivity index (χ0) is 17.5. The number of aromatic hydroxyl groups is 1. The van der Waals surface area contributed by atoms with Gasteiger partial charge in [0, 0.05) is 0 Å². The van der Waals surface area contributed by atoms with Crippen molar-refractivity contribution in [1.82, 2.24) is 0 Å². The van der Waals surface area contributed by atoms with Gasteiger partial charge in [-0.25, -0.2) is 0 Å². The average Bonchev–Trinajstić information content (AvgIpc) is 2.58. The lowest BCUT2D eigenvalue weighted by Crippen LogP contribution is -2.15. The molecule has 5 heteroatoms. The molecule has 5 nitrogen and oxygen atoms in total. The third-order valence-corrected chi connectivity index (χ3v) is 3.75. The predicted molar refractivity (Wildman–Crippen MR) is 91.0 cm³/mol. The van der Waals surface area contributed by atoms with Gasteiger partial charge in [-0.05, 0) is 42.2 Å². The summed E-state index contributed by atoms with van der Waals surface area (Å²) >= 11 is 0. The van der Waals surface area contributed by atoms with Crippen LogP contribution in [0.15, 0.2) is 42.5 Å². The molecule has 0 saturated heterocycles. The summed E-state index contributed by atoms with van der Waals surface area (Å²) in [6.45, 7) is 2.54. The highest BCUT2D eigenvalue weighted by molar-refractivity contribution is 5.77. The number of para-hydroxylation sites is 1. The van der Waals surface area contributed by atoms with Crippen LogP contribution in [0.5, 0.6) is 17.2 Å². The van der Waals surface area contributed by atoms with Crippen molar-refractivity contribution in [2.24, 2.45) is 0 Å². The van der Waals surface area contributed by atoms with Crippen molar-refractivity contribution in [3.63, 3.8) is 0 Å². The molecule has 0 aliphatic carbocycles. The summed E-state index contributed by atoms with van der Waals surface area (Å²) in [6.07, 6.45) is 1.12. The molecule has 128 valence electrons. The Bertz CT molecular complexity index is 679. The lowest BCUT2D eigenvalue weighted by atomic mass is 9.91. The number of benzene rings is 2. The highest BCUT2D eigenvalue weighted by Gasteiger charge is 2.23. The Balaban J connectivity index is 2.35. The summed E-state index contributed by atoms with van der Waals surface area (Å²) in [5.41, 5.74) is 1.41. The molecular weight excluding hydrogens is 308 g/mol. The topological polar surface area (TPSA) is 76.0 Å². The van der Waals surface area contributed by atoms with Gasteiger partial charge >= 0.3 is 5.97 Å². The van der Waals surface area contributed by atoms with E-state index in [1.54, 1.807) is 25.3 Å². The number of aliphatic carboxylic acids is 1. The van der Waals surface area contributed by atoms with Gasteiger partial charge < -0.3 is 19.7 Å². The fraction of sp³-hybridized carbons (Fsp3) is 0.316. The van der Waals surface area contributed by atoms with Crippen molar-refractivity contribution in [3.05, 3.63) is 53.6 Å². The van der Waals surface area contributed by atoms with Crippen LogP contribution in [0.3, 0.4) is 0 Å². The van der Waals surface area contributed by atoms with Gasteiger partial charge in [0.15, 0.2) is 11.5 Å². The van der Waals surface area contributed by atoms with Crippen LogP contribution in [0.25, 0.3) is 0 Å². The Morgan fingerprint density at radius 1 is 1.17 bits per heavy atom. The number of carbonyl (C=O) groups is 1. The fourth-order valence-electron chi connectivity index (χ4n) is 2.52. The molecule has 1 atom stereocenters. The summed E-state index contributed by atoms with van der Waals surface area (Å²) in [6, 6.07) is 11.7. The summed E-state index contributed by atoms with van der Waals surface area (Å²) < 4.78 is 11.1. The van der Waals surface area contributed by atoms with Crippen LogP contribution in [-0.2, 0) is 11.2 Å². The lowest BCUT2D eigenvalue weighted by molar-refractivity contribution is -0.138. The number of rotatable bonds is 8. The van der Waals surface area contributed by atoms with E-state index in [2.05, 4.69) is 0 Å². The minimum absolute atomic E-state index is 0.108. The fourth-order valence-corrected chi connectivity index (χ4v) is 2.52. The van der Waals surface area contributed by atoms with Gasteiger partial charge in [-0.2, -0.15) is 0 Å². The first-order chi connectivity index (χ1) is 11.6. The smallest absolute Gasteiger partial charge is 0.311 e. The van der Waals surface area contributed by atoms with E-state index in [1.165, 1.54) is 12.1 Å². The van der Waals surface area contributed by atoms with Crippen molar-refractivity contribution in [2.45, 2.75) is 25.7 Å². The molecule has 0 aliphatic rings. The number of hydrogen-bond donors (Lipinski definition) is 2. The van der Waals surface area contributed by atoms with E-state index >= 15 is 0 Å². The Morgan fingerprint density at radius 3 is 2.46 bits per heavy atom. The molecule has 2 aromatic rings. The third-order valence-electron chi connectivity index (χ3n) is 3.75. The molecule has 0 heterocycles. The zero-order valence-corrected chi connectivity index (χ0v) is 13.9. The summed E-state index contributed by atoms with van der Waals surface area (Å²) in [5, 5.41) is 19.0. The van der Waals surface area contributed by atoms with Crippen LogP contribution in [0.1, 0.15) is 30.4 Å². The Labute approximate surface area is 141 Å². The molecule has 0 aromatic heterocycles. The van der Waals surface area contributed by atoms with Gasteiger partial charge in [0.05, 0.1) is 19.6 Å². The largest absolute Gasteiger partial charge is 0.508 e. The number of carboxylic acids is 1. The van der Waals surface area contributed by atoms with E-state index in [4.69, 9.17) is 9.47 Å². The van der Waals surface area contributed by atoms with Crippen LogP contribution in [0, 0.1) is 0 Å². The van der Waals surface area contributed by atoms with Crippen molar-refractivity contribution in [3.8, 4) is 17.2 Å². The van der Waals surface area contributed by atoms with E-state index in [-0.39, 0.29) is 12.2 Å². The lowest BCUT2D eigenvalue weighted by Gasteiger charge is -2.18. The van der Waals surface area contributed by atoms with E-state index in [0.717, 1.165) is 12.0 Å². The molecule has 0 saturated carbocycles. The van der Waals surface area contributed by atoms with Crippen molar-refractivity contribution in [1.29, 1.82) is 0 Å². The zero-order valence-electron chi connectivity index (χ0n) is 13.9. The second kappa shape index (κ2) is 8.24. The molecule has 1 unspecified atom stereocenters. The van der Waals surface area contributed by atoms with Crippen LogP contribution in [0.4, 0.5) is 0 Å². The van der Waals surface area contributed by atoms with Gasteiger partial charge in [0.1, 0.15) is 5.75 Å². The molecule has 0 fully saturated rings. The standard InChI is InChI=1S/C19H22O5/c1-3-11-24-18-14(5-4-6-17(18)23-2)12-16(19(21)22)13-7-9-15(20)10-8-13/h4-10,16,20H,3,11-12H2,1-2H3,(H,21,22). The first-order valence-corrected chi connectivity index (χ1v) is 7.87. The number of ether oxygens (including phenoxy) is 2. The molecule has 0 radical (unpaired) electrons. The molecule has 2 rings (SSSR count). The molecular formula is C19H22O5. The highest BCUT2D eigenvalue weighted by Crippen LogP contribution is 2.35. The second-order valence-electron chi connectivity index (χ2n) is 5.48. The van der Waals surface area contributed by atoms with E-state index in [0.29, 0.717) is 23.7 Å². The van der Waals surface area contributed by atoms with E-state index in [9.17, 15) is 15.0 Å². The maximum atomic E-state index is 11.7.